The maximum absolute atomic E-state index is 5.14. The van der Waals surface area contributed by atoms with Gasteiger partial charge >= 0.3 is 0 Å². The maximum atomic E-state index is 5.14. The lowest BCUT2D eigenvalue weighted by atomic mass is 10.1. The van der Waals surface area contributed by atoms with Gasteiger partial charge in [0.25, 0.3) is 0 Å². The molecule has 2 rings (SSSR count). The lowest BCUT2D eigenvalue weighted by molar-refractivity contribution is 0.338. The molecule has 0 fully saturated rings. The van der Waals surface area contributed by atoms with Crippen LogP contribution in [0.15, 0.2) is 30.5 Å². The largest absolute Gasteiger partial charge is 0.411 e. The minimum atomic E-state index is 0.661. The van der Waals surface area contributed by atoms with Crippen LogP contribution in [0.3, 0.4) is 0 Å². The van der Waals surface area contributed by atoms with Gasteiger partial charge in [0, 0.05) is 11.6 Å². The molecule has 2 N–H and O–H groups in total. The van der Waals surface area contributed by atoms with Gasteiger partial charge in [0.1, 0.15) is 0 Å². The molecular weight excluding hydrogens is 164 g/mol. The van der Waals surface area contributed by atoms with E-state index in [1.807, 2.05) is 37.4 Å². The Kier molecular flexibility index (Phi) is 1.87. The van der Waals surface area contributed by atoms with Crippen molar-refractivity contribution in [3.8, 4) is 5.75 Å². The standard InChI is InChI=1S/C10H10N2O/c1-7-5-8-9(12-6-7)3-2-4-10(8)13-11/h2-6H,11H2,1H3. The number of aromatic nitrogens is 1. The van der Waals surface area contributed by atoms with Crippen molar-refractivity contribution in [2.24, 2.45) is 5.90 Å². The first-order valence-electron chi connectivity index (χ1n) is 4.03. The molecule has 1 heterocycles. The van der Waals surface area contributed by atoms with E-state index in [2.05, 4.69) is 4.98 Å². The van der Waals surface area contributed by atoms with Crippen molar-refractivity contribution in [3.05, 3.63) is 36.0 Å². The van der Waals surface area contributed by atoms with Crippen molar-refractivity contribution in [1.82, 2.24) is 4.98 Å². The first-order chi connectivity index (χ1) is 6.31. The molecule has 0 aliphatic carbocycles. The first-order valence-corrected chi connectivity index (χ1v) is 4.03. The Bertz CT molecular complexity index is 440. The Hall–Kier alpha value is -1.61. The topological polar surface area (TPSA) is 48.1 Å². The molecule has 3 nitrogen and oxygen atoms in total. The van der Waals surface area contributed by atoms with Crippen molar-refractivity contribution in [2.45, 2.75) is 6.92 Å². The second kappa shape index (κ2) is 3.03. The average molecular weight is 174 g/mol. The summed E-state index contributed by atoms with van der Waals surface area (Å²) in [5.74, 6) is 5.80. The molecule has 0 bridgehead atoms. The van der Waals surface area contributed by atoms with Crippen molar-refractivity contribution in [2.75, 3.05) is 0 Å². The Morgan fingerprint density at radius 3 is 3.00 bits per heavy atom. The normalized spacial score (nSPS) is 10.3. The summed E-state index contributed by atoms with van der Waals surface area (Å²) in [7, 11) is 0. The minimum absolute atomic E-state index is 0.661. The fraction of sp³-hybridized carbons (Fsp3) is 0.100. The maximum Gasteiger partial charge on any atom is 0.156 e. The molecule has 2 aromatic rings. The molecule has 66 valence electrons. The Morgan fingerprint density at radius 1 is 1.38 bits per heavy atom. The second-order valence-electron chi connectivity index (χ2n) is 2.95. The van der Waals surface area contributed by atoms with E-state index in [0.717, 1.165) is 16.5 Å². The van der Waals surface area contributed by atoms with Gasteiger partial charge in [0.2, 0.25) is 0 Å². The summed E-state index contributed by atoms with van der Waals surface area (Å²) in [6.45, 7) is 1.99. The molecule has 0 unspecified atom stereocenters. The van der Waals surface area contributed by atoms with Crippen LogP contribution >= 0.6 is 0 Å². The van der Waals surface area contributed by atoms with Gasteiger partial charge in [-0.3, -0.25) is 4.98 Å². The molecule has 0 aliphatic rings. The van der Waals surface area contributed by atoms with Crippen LogP contribution in [0.25, 0.3) is 10.9 Å². The zero-order chi connectivity index (χ0) is 9.26. The van der Waals surface area contributed by atoms with Gasteiger partial charge in [-0.25, -0.2) is 0 Å². The van der Waals surface area contributed by atoms with E-state index in [0.29, 0.717) is 5.75 Å². The number of fused-ring (bicyclic) bond motifs is 1. The third-order valence-electron chi connectivity index (χ3n) is 1.95. The SMILES string of the molecule is Cc1cnc2cccc(ON)c2c1. The highest BCUT2D eigenvalue weighted by atomic mass is 16.6. The van der Waals surface area contributed by atoms with E-state index < -0.39 is 0 Å². The zero-order valence-corrected chi connectivity index (χ0v) is 7.32. The van der Waals surface area contributed by atoms with Gasteiger partial charge in [-0.15, -0.1) is 0 Å². The van der Waals surface area contributed by atoms with Crippen LogP contribution in [-0.2, 0) is 0 Å². The number of pyridine rings is 1. The monoisotopic (exact) mass is 174 g/mol. The molecule has 0 radical (unpaired) electrons. The average Bonchev–Trinajstić information content (AvgIpc) is 2.17. The van der Waals surface area contributed by atoms with Gasteiger partial charge < -0.3 is 4.84 Å². The highest BCUT2D eigenvalue weighted by Crippen LogP contribution is 2.23. The molecule has 0 saturated heterocycles. The third kappa shape index (κ3) is 1.34. The highest BCUT2D eigenvalue weighted by Gasteiger charge is 2.01. The molecule has 1 aromatic heterocycles. The predicted molar refractivity (Wildman–Crippen MR) is 51.3 cm³/mol. The Morgan fingerprint density at radius 2 is 2.23 bits per heavy atom. The number of aryl methyl sites for hydroxylation is 1. The van der Waals surface area contributed by atoms with Crippen molar-refractivity contribution >= 4 is 10.9 Å². The van der Waals surface area contributed by atoms with Crippen LogP contribution in [0.4, 0.5) is 0 Å². The number of nitrogens with two attached hydrogens (primary N) is 1. The van der Waals surface area contributed by atoms with Crippen LogP contribution < -0.4 is 10.7 Å². The first kappa shape index (κ1) is 8.01. The van der Waals surface area contributed by atoms with E-state index in [1.54, 1.807) is 0 Å². The molecule has 0 amide bonds. The van der Waals surface area contributed by atoms with Crippen LogP contribution in [0.5, 0.6) is 5.75 Å². The van der Waals surface area contributed by atoms with Crippen molar-refractivity contribution < 1.29 is 4.84 Å². The zero-order valence-electron chi connectivity index (χ0n) is 7.32. The smallest absolute Gasteiger partial charge is 0.156 e. The number of hydrogen-bond donors (Lipinski definition) is 1. The fourth-order valence-electron chi connectivity index (χ4n) is 1.33. The molecule has 13 heavy (non-hydrogen) atoms. The third-order valence-corrected chi connectivity index (χ3v) is 1.95. The van der Waals surface area contributed by atoms with Crippen LogP contribution in [0, 0.1) is 6.92 Å². The Balaban J connectivity index is 2.79. The highest BCUT2D eigenvalue weighted by molar-refractivity contribution is 5.85. The summed E-state index contributed by atoms with van der Waals surface area (Å²) in [5, 5.41) is 0.949. The van der Waals surface area contributed by atoms with E-state index in [1.165, 1.54) is 0 Å². The molecular formula is C10H10N2O. The van der Waals surface area contributed by atoms with E-state index in [-0.39, 0.29) is 0 Å². The molecule has 3 heteroatoms. The number of nitrogens with zero attached hydrogens (tertiary/aromatic N) is 1. The summed E-state index contributed by atoms with van der Waals surface area (Å²) < 4.78 is 0. The summed E-state index contributed by atoms with van der Waals surface area (Å²) in [6, 6.07) is 7.62. The lowest BCUT2D eigenvalue weighted by Crippen LogP contribution is -2.02. The van der Waals surface area contributed by atoms with E-state index in [4.69, 9.17) is 10.7 Å². The lowest BCUT2D eigenvalue weighted by Gasteiger charge is -2.03. The molecule has 0 saturated carbocycles. The summed E-state index contributed by atoms with van der Waals surface area (Å²) >= 11 is 0. The molecule has 0 atom stereocenters. The molecule has 1 aromatic carbocycles. The summed E-state index contributed by atoms with van der Waals surface area (Å²) in [4.78, 5) is 9.00. The van der Waals surface area contributed by atoms with Gasteiger partial charge in [-0.1, -0.05) is 6.07 Å². The van der Waals surface area contributed by atoms with Crippen molar-refractivity contribution in [1.29, 1.82) is 0 Å². The van der Waals surface area contributed by atoms with Gasteiger partial charge in [-0.2, -0.15) is 5.90 Å². The fourth-order valence-corrected chi connectivity index (χ4v) is 1.33. The van der Waals surface area contributed by atoms with E-state index in [9.17, 15) is 0 Å². The van der Waals surface area contributed by atoms with Crippen LogP contribution in [-0.4, -0.2) is 4.98 Å². The Labute approximate surface area is 76.1 Å². The number of hydrogen-bond acceptors (Lipinski definition) is 3. The van der Waals surface area contributed by atoms with Crippen molar-refractivity contribution in [3.63, 3.8) is 0 Å². The van der Waals surface area contributed by atoms with Crippen LogP contribution in [0.1, 0.15) is 5.56 Å². The van der Waals surface area contributed by atoms with Gasteiger partial charge in [0.05, 0.1) is 5.52 Å². The van der Waals surface area contributed by atoms with Gasteiger partial charge in [-0.05, 0) is 30.7 Å². The molecule has 0 aliphatic heterocycles. The summed E-state index contributed by atoms with van der Waals surface area (Å²) in [5.41, 5.74) is 1.99. The van der Waals surface area contributed by atoms with E-state index >= 15 is 0 Å². The minimum Gasteiger partial charge on any atom is -0.411 e. The predicted octanol–water partition coefficient (Wildman–Crippen LogP) is 1.80. The summed E-state index contributed by atoms with van der Waals surface area (Å²) in [6.07, 6.45) is 1.82. The van der Waals surface area contributed by atoms with Crippen LogP contribution in [0.2, 0.25) is 0 Å². The van der Waals surface area contributed by atoms with Gasteiger partial charge in [0.15, 0.2) is 5.75 Å². The number of rotatable bonds is 1. The number of benzene rings is 1. The quantitative estimate of drug-likeness (QED) is 0.670. The second-order valence-corrected chi connectivity index (χ2v) is 2.95. The molecule has 0 spiro atoms.